The third-order valence-electron chi connectivity index (χ3n) is 4.15. The van der Waals surface area contributed by atoms with E-state index in [2.05, 4.69) is 10.5 Å². The van der Waals surface area contributed by atoms with Crippen LogP contribution in [-0.2, 0) is 33.9 Å². The first kappa shape index (κ1) is 17.6. The van der Waals surface area contributed by atoms with E-state index in [0.29, 0.717) is 37.1 Å². The summed E-state index contributed by atoms with van der Waals surface area (Å²) in [4.78, 5) is 12.0. The molecule has 1 aromatic heterocycles. The number of nitrogens with one attached hydrogen (secondary N) is 1. The molecule has 2 aromatic rings. The van der Waals surface area contributed by atoms with Gasteiger partial charge in [-0.3, -0.25) is 4.79 Å². The molecule has 134 valence electrons. The van der Waals surface area contributed by atoms with Crippen LogP contribution in [0.2, 0.25) is 0 Å². The number of rotatable bonds is 8. The minimum Gasteiger partial charge on any atom is -0.381 e. The van der Waals surface area contributed by atoms with E-state index in [1.54, 1.807) is 6.07 Å². The zero-order valence-corrected chi connectivity index (χ0v) is 14.3. The molecular weight excluding hydrogens is 320 g/mol. The summed E-state index contributed by atoms with van der Waals surface area (Å²) in [5, 5.41) is 6.88. The molecule has 1 N–H and O–H groups in total. The number of carbonyl (C=O) groups is 1. The Labute approximate surface area is 147 Å². The van der Waals surface area contributed by atoms with Crippen molar-refractivity contribution < 1.29 is 18.8 Å². The number of aromatic nitrogens is 1. The van der Waals surface area contributed by atoms with E-state index in [1.165, 1.54) is 0 Å². The summed E-state index contributed by atoms with van der Waals surface area (Å²) in [7, 11) is 0. The molecule has 1 aliphatic rings. The third kappa shape index (κ3) is 5.99. The molecule has 0 radical (unpaired) electrons. The van der Waals surface area contributed by atoms with Gasteiger partial charge in [0.15, 0.2) is 5.76 Å². The van der Waals surface area contributed by atoms with E-state index in [-0.39, 0.29) is 12.3 Å². The number of amides is 1. The molecule has 3 rings (SSSR count). The zero-order valence-electron chi connectivity index (χ0n) is 14.3. The first-order valence-electron chi connectivity index (χ1n) is 8.70. The molecule has 2 heterocycles. The lowest BCUT2D eigenvalue weighted by Crippen LogP contribution is -2.34. The lowest BCUT2D eigenvalue weighted by Gasteiger charge is -2.22. The molecule has 1 atom stereocenters. The fourth-order valence-corrected chi connectivity index (χ4v) is 2.80. The minimum absolute atomic E-state index is 0.0457. The Balaban J connectivity index is 1.36. The maximum Gasteiger partial charge on any atom is 0.226 e. The van der Waals surface area contributed by atoms with E-state index in [0.717, 1.165) is 31.6 Å². The van der Waals surface area contributed by atoms with Crippen molar-refractivity contribution in [3.05, 3.63) is 53.4 Å². The van der Waals surface area contributed by atoms with Crippen molar-refractivity contribution in [1.29, 1.82) is 0 Å². The normalized spacial score (nSPS) is 17.4. The SMILES string of the molecule is O=C(Cc1cc(COCc2ccccc2)on1)NCC1CCCOC1. The highest BCUT2D eigenvalue weighted by atomic mass is 16.5. The molecule has 0 saturated carbocycles. The van der Waals surface area contributed by atoms with Crippen molar-refractivity contribution in [3.8, 4) is 0 Å². The van der Waals surface area contributed by atoms with Gasteiger partial charge in [0, 0.05) is 19.2 Å². The highest BCUT2D eigenvalue weighted by Crippen LogP contribution is 2.12. The van der Waals surface area contributed by atoms with Gasteiger partial charge in [-0.2, -0.15) is 0 Å². The monoisotopic (exact) mass is 344 g/mol. The topological polar surface area (TPSA) is 73.6 Å². The van der Waals surface area contributed by atoms with E-state index in [4.69, 9.17) is 14.0 Å². The molecule has 1 amide bonds. The van der Waals surface area contributed by atoms with Crippen LogP contribution in [0.4, 0.5) is 0 Å². The standard InChI is InChI=1S/C19H24N2O4/c22-19(20-11-16-7-4-8-23-13-16)10-17-9-18(25-21-17)14-24-12-15-5-2-1-3-6-15/h1-3,5-6,9,16H,4,7-8,10-14H2,(H,20,22). The first-order chi connectivity index (χ1) is 12.3. The molecular formula is C19H24N2O4. The number of hydrogen-bond acceptors (Lipinski definition) is 5. The Hall–Kier alpha value is -2.18. The van der Waals surface area contributed by atoms with Gasteiger partial charge in [0.05, 0.1) is 25.3 Å². The maximum absolute atomic E-state index is 12.0. The Bertz CT molecular complexity index is 650. The van der Waals surface area contributed by atoms with Gasteiger partial charge in [-0.25, -0.2) is 0 Å². The van der Waals surface area contributed by atoms with E-state index >= 15 is 0 Å². The van der Waals surface area contributed by atoms with Gasteiger partial charge >= 0.3 is 0 Å². The summed E-state index contributed by atoms with van der Waals surface area (Å²) in [5.74, 6) is 0.993. The van der Waals surface area contributed by atoms with Gasteiger partial charge < -0.3 is 19.3 Å². The molecule has 1 aromatic carbocycles. The molecule has 25 heavy (non-hydrogen) atoms. The van der Waals surface area contributed by atoms with Crippen LogP contribution in [0.15, 0.2) is 40.9 Å². The Kier molecular flexibility index (Phi) is 6.59. The Morgan fingerprint density at radius 3 is 2.96 bits per heavy atom. The molecule has 6 heteroatoms. The van der Waals surface area contributed by atoms with E-state index < -0.39 is 0 Å². The second-order valence-corrected chi connectivity index (χ2v) is 6.33. The van der Waals surface area contributed by atoms with Gasteiger partial charge in [0.1, 0.15) is 6.61 Å². The van der Waals surface area contributed by atoms with Crippen molar-refractivity contribution in [2.45, 2.75) is 32.5 Å². The molecule has 0 spiro atoms. The van der Waals surface area contributed by atoms with Crippen LogP contribution in [-0.4, -0.2) is 30.8 Å². The zero-order chi connectivity index (χ0) is 17.3. The summed E-state index contributed by atoms with van der Waals surface area (Å²) >= 11 is 0. The second-order valence-electron chi connectivity index (χ2n) is 6.33. The first-order valence-corrected chi connectivity index (χ1v) is 8.70. The van der Waals surface area contributed by atoms with E-state index in [1.807, 2.05) is 30.3 Å². The summed E-state index contributed by atoms with van der Waals surface area (Å²) in [6, 6.07) is 11.7. The largest absolute Gasteiger partial charge is 0.381 e. The molecule has 1 aliphatic heterocycles. The molecule has 6 nitrogen and oxygen atoms in total. The van der Waals surface area contributed by atoms with Crippen LogP contribution in [0.5, 0.6) is 0 Å². The Morgan fingerprint density at radius 1 is 1.28 bits per heavy atom. The van der Waals surface area contributed by atoms with Crippen molar-refractivity contribution >= 4 is 5.91 Å². The van der Waals surface area contributed by atoms with Crippen LogP contribution in [0.3, 0.4) is 0 Å². The molecule has 1 unspecified atom stereocenters. The second kappa shape index (κ2) is 9.34. The predicted octanol–water partition coefficient (Wildman–Crippen LogP) is 2.48. The van der Waals surface area contributed by atoms with Gasteiger partial charge in [-0.15, -0.1) is 0 Å². The van der Waals surface area contributed by atoms with Gasteiger partial charge in [0.2, 0.25) is 5.91 Å². The smallest absolute Gasteiger partial charge is 0.226 e. The maximum atomic E-state index is 12.0. The van der Waals surface area contributed by atoms with Crippen LogP contribution in [0.1, 0.15) is 29.9 Å². The quantitative estimate of drug-likeness (QED) is 0.796. The van der Waals surface area contributed by atoms with Gasteiger partial charge in [0.25, 0.3) is 0 Å². The number of ether oxygens (including phenoxy) is 2. The number of nitrogens with zero attached hydrogens (tertiary/aromatic N) is 1. The van der Waals surface area contributed by atoms with Crippen molar-refractivity contribution in [2.75, 3.05) is 19.8 Å². The summed E-state index contributed by atoms with van der Waals surface area (Å²) in [6.07, 6.45) is 2.39. The summed E-state index contributed by atoms with van der Waals surface area (Å²) in [5.41, 5.74) is 1.73. The molecule has 1 fully saturated rings. The number of benzene rings is 1. The Morgan fingerprint density at radius 2 is 2.16 bits per heavy atom. The summed E-state index contributed by atoms with van der Waals surface area (Å²) < 4.78 is 16.2. The van der Waals surface area contributed by atoms with Crippen LogP contribution in [0, 0.1) is 5.92 Å². The van der Waals surface area contributed by atoms with Crippen molar-refractivity contribution in [1.82, 2.24) is 10.5 Å². The van der Waals surface area contributed by atoms with Crippen LogP contribution in [0.25, 0.3) is 0 Å². The molecule has 0 bridgehead atoms. The third-order valence-corrected chi connectivity index (χ3v) is 4.15. The lowest BCUT2D eigenvalue weighted by molar-refractivity contribution is -0.120. The minimum atomic E-state index is -0.0457. The molecule has 1 saturated heterocycles. The van der Waals surface area contributed by atoms with Gasteiger partial charge in [-0.05, 0) is 24.3 Å². The van der Waals surface area contributed by atoms with Crippen LogP contribution >= 0.6 is 0 Å². The van der Waals surface area contributed by atoms with Crippen LogP contribution < -0.4 is 5.32 Å². The highest BCUT2D eigenvalue weighted by molar-refractivity contribution is 5.78. The van der Waals surface area contributed by atoms with Crippen molar-refractivity contribution in [3.63, 3.8) is 0 Å². The summed E-state index contributed by atoms with van der Waals surface area (Å²) in [6.45, 7) is 3.07. The van der Waals surface area contributed by atoms with Gasteiger partial charge in [-0.1, -0.05) is 35.5 Å². The molecule has 0 aliphatic carbocycles. The number of carbonyl (C=O) groups excluding carboxylic acids is 1. The average molecular weight is 344 g/mol. The number of hydrogen-bond donors (Lipinski definition) is 1. The fraction of sp³-hybridized carbons (Fsp3) is 0.474. The average Bonchev–Trinajstić information content (AvgIpc) is 3.09. The van der Waals surface area contributed by atoms with E-state index in [9.17, 15) is 4.79 Å². The fourth-order valence-electron chi connectivity index (χ4n) is 2.80. The predicted molar refractivity (Wildman–Crippen MR) is 91.7 cm³/mol. The lowest BCUT2D eigenvalue weighted by atomic mass is 10.0. The van der Waals surface area contributed by atoms with Crippen molar-refractivity contribution in [2.24, 2.45) is 5.92 Å². The highest BCUT2D eigenvalue weighted by Gasteiger charge is 2.15.